The minimum absolute atomic E-state index is 0.118. The van der Waals surface area contributed by atoms with E-state index in [-0.39, 0.29) is 18.3 Å². The summed E-state index contributed by atoms with van der Waals surface area (Å²) < 4.78 is 13.2. The topological polar surface area (TPSA) is 85.1 Å². The Morgan fingerprint density at radius 3 is 2.68 bits per heavy atom. The minimum atomic E-state index is -0.586. The number of carbonyl (C=O) groups excluding carboxylic acids is 2. The number of amides is 2. The minimum Gasteiger partial charge on any atom is -0.369 e. The summed E-state index contributed by atoms with van der Waals surface area (Å²) >= 11 is 0. The molecule has 2 unspecified atom stereocenters. The third-order valence-corrected chi connectivity index (χ3v) is 6.04. The molecule has 0 spiro atoms. The third kappa shape index (κ3) is 4.58. The van der Waals surface area contributed by atoms with Crippen molar-refractivity contribution < 1.29 is 14.0 Å². The van der Waals surface area contributed by atoms with Crippen LogP contribution >= 0.6 is 0 Å². The van der Waals surface area contributed by atoms with Crippen LogP contribution in [0.2, 0.25) is 0 Å². The van der Waals surface area contributed by atoms with Crippen molar-refractivity contribution in [2.45, 2.75) is 32.6 Å². The first kappa shape index (κ1) is 21.0. The number of nitrogens with zero attached hydrogens (tertiary/aromatic N) is 1. The first-order valence-electron chi connectivity index (χ1n) is 10.6. The van der Waals surface area contributed by atoms with Crippen LogP contribution in [0.15, 0.2) is 48.5 Å². The Morgan fingerprint density at radius 1 is 1.19 bits per heavy atom. The van der Waals surface area contributed by atoms with Gasteiger partial charge in [-0.2, -0.15) is 0 Å². The lowest BCUT2D eigenvalue weighted by atomic mass is 9.84. The number of hydrogen-bond acceptors (Lipinski definition) is 3. The molecular formula is C25H26FN3O2. The third-order valence-electron chi connectivity index (χ3n) is 6.04. The summed E-state index contributed by atoms with van der Waals surface area (Å²) in [5.41, 5.74) is 9.82. The second kappa shape index (κ2) is 8.84. The van der Waals surface area contributed by atoms with E-state index in [2.05, 4.69) is 12.2 Å². The molecule has 3 aromatic rings. The Labute approximate surface area is 180 Å². The lowest BCUT2D eigenvalue weighted by molar-refractivity contribution is -0.121. The van der Waals surface area contributed by atoms with Gasteiger partial charge in [0.05, 0.1) is 17.0 Å². The fourth-order valence-electron chi connectivity index (χ4n) is 4.30. The zero-order valence-corrected chi connectivity index (χ0v) is 17.5. The van der Waals surface area contributed by atoms with Gasteiger partial charge in [0.25, 0.3) is 5.91 Å². The number of hydrogen-bond donors (Lipinski definition) is 2. The molecule has 0 radical (unpaired) electrons. The standard InChI is InChI=1S/C25H26FN3O2/c1-15-6-11-22-20(12-15)23(19-4-2-3-5-21(19)29-22)25(31)28-14-17(24(27)30)13-16-7-9-18(26)10-8-16/h2-5,7-10,15,17H,6,11-14H2,1H3,(H2,27,30)(H,28,31). The number of nitrogens with two attached hydrogens (primary N) is 1. The fourth-order valence-corrected chi connectivity index (χ4v) is 4.30. The number of benzene rings is 2. The number of nitrogens with one attached hydrogen (secondary N) is 1. The number of primary amides is 1. The van der Waals surface area contributed by atoms with Gasteiger partial charge in [-0.1, -0.05) is 37.3 Å². The second-order valence-electron chi connectivity index (χ2n) is 8.42. The highest BCUT2D eigenvalue weighted by atomic mass is 19.1. The van der Waals surface area contributed by atoms with Crippen molar-refractivity contribution in [2.75, 3.05) is 6.54 Å². The lowest BCUT2D eigenvalue weighted by Crippen LogP contribution is -2.38. The molecule has 2 amide bonds. The molecule has 3 N–H and O–H groups in total. The van der Waals surface area contributed by atoms with E-state index < -0.39 is 11.8 Å². The number of rotatable bonds is 6. The van der Waals surface area contributed by atoms with Crippen LogP contribution in [0.3, 0.4) is 0 Å². The first-order chi connectivity index (χ1) is 14.9. The highest BCUT2D eigenvalue weighted by Crippen LogP contribution is 2.31. The van der Waals surface area contributed by atoms with Crippen molar-refractivity contribution in [2.24, 2.45) is 17.6 Å². The molecule has 6 heteroatoms. The van der Waals surface area contributed by atoms with E-state index >= 15 is 0 Å². The summed E-state index contributed by atoms with van der Waals surface area (Å²) in [6.07, 6.45) is 3.06. The second-order valence-corrected chi connectivity index (χ2v) is 8.42. The van der Waals surface area contributed by atoms with E-state index in [0.29, 0.717) is 17.9 Å². The van der Waals surface area contributed by atoms with Gasteiger partial charge in [-0.05, 0) is 60.9 Å². The molecule has 1 aliphatic rings. The average molecular weight is 420 g/mol. The Hall–Kier alpha value is -3.28. The monoisotopic (exact) mass is 419 g/mol. The molecule has 0 saturated heterocycles. The van der Waals surface area contributed by atoms with Crippen LogP contribution in [0.25, 0.3) is 10.9 Å². The summed E-state index contributed by atoms with van der Waals surface area (Å²) in [4.78, 5) is 30.1. The van der Waals surface area contributed by atoms with Gasteiger partial charge in [0.15, 0.2) is 0 Å². The van der Waals surface area contributed by atoms with Crippen LogP contribution in [0.1, 0.15) is 40.5 Å². The average Bonchev–Trinajstić information content (AvgIpc) is 2.76. The van der Waals surface area contributed by atoms with E-state index in [1.54, 1.807) is 12.1 Å². The lowest BCUT2D eigenvalue weighted by Gasteiger charge is -2.24. The summed E-state index contributed by atoms with van der Waals surface area (Å²) in [5, 5.41) is 3.75. The molecule has 1 aromatic heterocycles. The fraction of sp³-hybridized carbons (Fsp3) is 0.320. The number of pyridine rings is 1. The number of aromatic nitrogens is 1. The molecule has 0 bridgehead atoms. The van der Waals surface area contributed by atoms with E-state index in [1.807, 2.05) is 24.3 Å². The maximum atomic E-state index is 13.3. The van der Waals surface area contributed by atoms with Crippen LogP contribution in [0, 0.1) is 17.7 Å². The maximum Gasteiger partial charge on any atom is 0.252 e. The Balaban J connectivity index is 1.59. The molecule has 160 valence electrons. The Bertz CT molecular complexity index is 1130. The normalized spacial score (nSPS) is 16.5. The number of fused-ring (bicyclic) bond motifs is 2. The van der Waals surface area contributed by atoms with Gasteiger partial charge in [-0.15, -0.1) is 0 Å². The van der Waals surface area contributed by atoms with Crippen molar-refractivity contribution in [3.63, 3.8) is 0 Å². The zero-order valence-electron chi connectivity index (χ0n) is 17.5. The number of aryl methyl sites for hydroxylation is 1. The highest BCUT2D eigenvalue weighted by molar-refractivity contribution is 6.07. The van der Waals surface area contributed by atoms with E-state index in [0.717, 1.165) is 47.0 Å². The quantitative estimate of drug-likeness (QED) is 0.641. The van der Waals surface area contributed by atoms with Crippen molar-refractivity contribution in [1.82, 2.24) is 10.3 Å². The SMILES string of the molecule is CC1CCc2nc3ccccc3c(C(=O)NCC(Cc3ccc(F)cc3)C(N)=O)c2C1. The maximum absolute atomic E-state index is 13.3. The molecule has 1 heterocycles. The Kier molecular flexibility index (Phi) is 5.98. The first-order valence-corrected chi connectivity index (χ1v) is 10.6. The van der Waals surface area contributed by atoms with Crippen molar-refractivity contribution in [3.05, 3.63) is 76.7 Å². The van der Waals surface area contributed by atoms with Gasteiger partial charge in [0.1, 0.15) is 5.82 Å². The van der Waals surface area contributed by atoms with Gasteiger partial charge in [0.2, 0.25) is 5.91 Å². The van der Waals surface area contributed by atoms with E-state index in [1.165, 1.54) is 12.1 Å². The number of para-hydroxylation sites is 1. The van der Waals surface area contributed by atoms with Crippen molar-refractivity contribution >= 4 is 22.7 Å². The van der Waals surface area contributed by atoms with Crippen LogP contribution < -0.4 is 11.1 Å². The summed E-state index contributed by atoms with van der Waals surface area (Å²) in [6.45, 7) is 2.30. The molecule has 2 atom stereocenters. The van der Waals surface area contributed by atoms with Crippen LogP contribution in [-0.4, -0.2) is 23.3 Å². The van der Waals surface area contributed by atoms with Gasteiger partial charge >= 0.3 is 0 Å². The van der Waals surface area contributed by atoms with Crippen LogP contribution in [-0.2, 0) is 24.1 Å². The molecule has 2 aromatic carbocycles. The van der Waals surface area contributed by atoms with Gasteiger partial charge in [0, 0.05) is 17.6 Å². The van der Waals surface area contributed by atoms with Gasteiger partial charge < -0.3 is 11.1 Å². The van der Waals surface area contributed by atoms with Crippen molar-refractivity contribution in [3.8, 4) is 0 Å². The molecule has 0 aliphatic heterocycles. The molecule has 31 heavy (non-hydrogen) atoms. The predicted molar refractivity (Wildman–Crippen MR) is 118 cm³/mol. The Morgan fingerprint density at radius 2 is 1.94 bits per heavy atom. The summed E-state index contributed by atoms with van der Waals surface area (Å²) in [6, 6.07) is 13.6. The number of carbonyl (C=O) groups is 2. The molecule has 1 aliphatic carbocycles. The number of halogens is 1. The smallest absolute Gasteiger partial charge is 0.252 e. The van der Waals surface area contributed by atoms with E-state index in [9.17, 15) is 14.0 Å². The summed E-state index contributed by atoms with van der Waals surface area (Å²) in [5.74, 6) is -1.15. The van der Waals surface area contributed by atoms with Crippen molar-refractivity contribution in [1.29, 1.82) is 0 Å². The molecule has 5 nitrogen and oxygen atoms in total. The van der Waals surface area contributed by atoms with E-state index in [4.69, 9.17) is 10.7 Å². The van der Waals surface area contributed by atoms with Crippen LogP contribution in [0.5, 0.6) is 0 Å². The highest BCUT2D eigenvalue weighted by Gasteiger charge is 2.26. The largest absolute Gasteiger partial charge is 0.369 e. The van der Waals surface area contributed by atoms with Crippen LogP contribution in [0.4, 0.5) is 4.39 Å². The molecule has 4 rings (SSSR count). The molecule has 0 saturated carbocycles. The molecular weight excluding hydrogens is 393 g/mol. The van der Waals surface area contributed by atoms with Gasteiger partial charge in [-0.25, -0.2) is 4.39 Å². The zero-order chi connectivity index (χ0) is 22.0. The summed E-state index contributed by atoms with van der Waals surface area (Å²) in [7, 11) is 0. The molecule has 0 fully saturated rings. The predicted octanol–water partition coefficient (Wildman–Crippen LogP) is 3.57. The van der Waals surface area contributed by atoms with Gasteiger partial charge in [-0.3, -0.25) is 14.6 Å².